The number of morpholine rings is 1. The van der Waals surface area contributed by atoms with Gasteiger partial charge in [0.05, 0.1) is 35.1 Å². The molecular weight excluding hydrogens is 384 g/mol. The molecule has 30 heavy (non-hydrogen) atoms. The normalized spacial score (nSPS) is 24.8. The summed E-state index contributed by atoms with van der Waals surface area (Å²) in [7, 11) is 0. The van der Waals surface area contributed by atoms with Gasteiger partial charge in [-0.25, -0.2) is 15.0 Å². The molecule has 1 spiro atoms. The van der Waals surface area contributed by atoms with E-state index in [0.717, 1.165) is 38.2 Å². The summed E-state index contributed by atoms with van der Waals surface area (Å²) < 4.78 is 5.80. The molecule has 0 radical (unpaired) electrons. The van der Waals surface area contributed by atoms with Crippen LogP contribution in [0.25, 0.3) is 0 Å². The van der Waals surface area contributed by atoms with Crippen LogP contribution < -0.4 is 15.5 Å². The van der Waals surface area contributed by atoms with Gasteiger partial charge in [-0.2, -0.15) is 0 Å². The number of carbonyl (C=O) groups excluding carboxylic acids is 1. The molecule has 2 fully saturated rings. The van der Waals surface area contributed by atoms with Crippen LogP contribution in [0.4, 0.5) is 23.1 Å². The number of fused-ring (bicyclic) bond motifs is 2. The Hall–Kier alpha value is -2.78. The second kappa shape index (κ2) is 6.88. The number of aliphatic hydroxyl groups excluding tert-OH is 1. The molecule has 1 aliphatic carbocycles. The van der Waals surface area contributed by atoms with E-state index < -0.39 is 5.41 Å². The van der Waals surface area contributed by atoms with Crippen LogP contribution in [0.3, 0.4) is 0 Å². The van der Waals surface area contributed by atoms with Crippen LogP contribution in [0, 0.1) is 0 Å². The van der Waals surface area contributed by atoms with Gasteiger partial charge in [0, 0.05) is 13.1 Å². The Labute approximate surface area is 174 Å². The van der Waals surface area contributed by atoms with Crippen molar-refractivity contribution in [2.24, 2.45) is 0 Å². The summed E-state index contributed by atoms with van der Waals surface area (Å²) in [6.07, 6.45) is 4.41. The molecular formula is C21H26N6O3. The molecule has 0 unspecified atom stereocenters. The van der Waals surface area contributed by atoms with E-state index in [9.17, 15) is 9.90 Å². The zero-order chi connectivity index (χ0) is 21.0. The monoisotopic (exact) mass is 410 g/mol. The molecule has 0 aromatic carbocycles. The Balaban J connectivity index is 1.52. The third-order valence-electron chi connectivity index (χ3n) is 6.35. The third kappa shape index (κ3) is 2.76. The van der Waals surface area contributed by atoms with Crippen LogP contribution in [-0.2, 0) is 21.6 Å². The zero-order valence-electron chi connectivity index (χ0n) is 17.2. The molecule has 2 aromatic heterocycles. The Morgan fingerprint density at radius 2 is 1.97 bits per heavy atom. The molecule has 3 aliphatic rings. The van der Waals surface area contributed by atoms with Crippen LogP contribution in [0.1, 0.15) is 44.5 Å². The second-order valence-electron chi connectivity index (χ2n) is 8.49. The minimum Gasteiger partial charge on any atom is -0.388 e. The van der Waals surface area contributed by atoms with Gasteiger partial charge in [-0.3, -0.25) is 9.69 Å². The number of hydrogen-bond donors (Lipinski definition) is 2. The molecule has 3 N–H and O–H groups in total. The van der Waals surface area contributed by atoms with Crippen molar-refractivity contribution in [3.63, 3.8) is 0 Å². The number of nitrogens with zero attached hydrogens (tertiary/aromatic N) is 5. The van der Waals surface area contributed by atoms with Gasteiger partial charge in [-0.15, -0.1) is 0 Å². The average Bonchev–Trinajstić information content (AvgIpc) is 2.96. The van der Waals surface area contributed by atoms with Crippen molar-refractivity contribution in [3.05, 3.63) is 29.7 Å². The van der Waals surface area contributed by atoms with E-state index in [2.05, 4.69) is 33.7 Å². The number of rotatable bonds is 3. The summed E-state index contributed by atoms with van der Waals surface area (Å²) >= 11 is 0. The van der Waals surface area contributed by atoms with Gasteiger partial charge in [-0.05, 0) is 38.8 Å². The Morgan fingerprint density at radius 1 is 1.23 bits per heavy atom. The van der Waals surface area contributed by atoms with Crippen molar-refractivity contribution in [2.75, 3.05) is 28.6 Å². The van der Waals surface area contributed by atoms with E-state index >= 15 is 0 Å². The summed E-state index contributed by atoms with van der Waals surface area (Å²) in [4.78, 5) is 30.5. The average molecular weight is 410 g/mol. The number of pyridine rings is 1. The number of nitrogens with two attached hydrogens (primary N) is 1. The first kappa shape index (κ1) is 19.2. The third-order valence-corrected chi connectivity index (χ3v) is 6.35. The maximum atomic E-state index is 13.5. The van der Waals surface area contributed by atoms with E-state index in [4.69, 9.17) is 10.5 Å². The molecule has 1 saturated heterocycles. The minimum atomic E-state index is -0.652. The van der Waals surface area contributed by atoms with Crippen molar-refractivity contribution in [2.45, 2.75) is 57.3 Å². The first-order valence-electron chi connectivity index (χ1n) is 10.4. The van der Waals surface area contributed by atoms with Gasteiger partial charge in [-0.1, -0.05) is 6.42 Å². The van der Waals surface area contributed by atoms with Crippen molar-refractivity contribution >= 4 is 29.0 Å². The molecule has 9 nitrogen and oxygen atoms in total. The lowest BCUT2D eigenvalue weighted by atomic mass is 9.65. The molecule has 2 aliphatic heterocycles. The summed E-state index contributed by atoms with van der Waals surface area (Å²) in [6, 6.07) is 3.82. The number of aliphatic hydroxyl groups is 1. The van der Waals surface area contributed by atoms with Crippen LogP contribution in [-0.4, -0.2) is 51.3 Å². The number of amides is 1. The fourth-order valence-corrected chi connectivity index (χ4v) is 4.92. The topological polar surface area (TPSA) is 118 Å². The molecule has 2 atom stereocenters. The fourth-order valence-electron chi connectivity index (χ4n) is 4.92. The van der Waals surface area contributed by atoms with Gasteiger partial charge in [0.25, 0.3) is 0 Å². The quantitative estimate of drug-likeness (QED) is 0.784. The van der Waals surface area contributed by atoms with Gasteiger partial charge >= 0.3 is 0 Å². The first-order valence-corrected chi connectivity index (χ1v) is 10.4. The predicted molar refractivity (Wildman–Crippen MR) is 112 cm³/mol. The van der Waals surface area contributed by atoms with Gasteiger partial charge in [0.15, 0.2) is 5.82 Å². The summed E-state index contributed by atoms with van der Waals surface area (Å²) in [5.74, 6) is 1.77. The highest BCUT2D eigenvalue weighted by Crippen LogP contribution is 2.56. The highest BCUT2D eigenvalue weighted by atomic mass is 16.5. The predicted octanol–water partition coefficient (Wildman–Crippen LogP) is 1.66. The zero-order valence-corrected chi connectivity index (χ0v) is 17.2. The second-order valence-corrected chi connectivity index (χ2v) is 8.49. The Morgan fingerprint density at radius 3 is 2.53 bits per heavy atom. The molecule has 9 heteroatoms. The van der Waals surface area contributed by atoms with E-state index in [1.165, 1.54) is 0 Å². The maximum absolute atomic E-state index is 13.5. The van der Waals surface area contributed by atoms with Gasteiger partial charge < -0.3 is 20.5 Å². The van der Waals surface area contributed by atoms with Gasteiger partial charge in [0.2, 0.25) is 5.91 Å². The highest BCUT2D eigenvalue weighted by Gasteiger charge is 2.57. The van der Waals surface area contributed by atoms with Crippen LogP contribution in [0.5, 0.6) is 0 Å². The Bertz CT molecular complexity index is 981. The molecule has 0 bridgehead atoms. The number of aromatic nitrogens is 3. The largest absolute Gasteiger partial charge is 0.388 e. The van der Waals surface area contributed by atoms with Crippen molar-refractivity contribution in [1.82, 2.24) is 15.0 Å². The minimum absolute atomic E-state index is 0.0389. The van der Waals surface area contributed by atoms with Crippen LogP contribution in [0.15, 0.2) is 18.3 Å². The lowest BCUT2D eigenvalue weighted by molar-refractivity contribution is -0.125. The highest BCUT2D eigenvalue weighted by molar-refractivity contribution is 6.13. The first-order chi connectivity index (χ1) is 14.4. The van der Waals surface area contributed by atoms with Crippen molar-refractivity contribution in [3.8, 4) is 0 Å². The summed E-state index contributed by atoms with van der Waals surface area (Å²) in [5.41, 5.74) is 6.89. The summed E-state index contributed by atoms with van der Waals surface area (Å²) in [6.45, 7) is 5.32. The fraction of sp³-hybridized carbons (Fsp3) is 0.524. The smallest absolute Gasteiger partial charge is 0.243 e. The standard InChI is InChI=1S/C21H26N6O3/c1-12-9-26(10-13(2)30-12)16-5-4-14(8-23-16)27-19-17(18(22)24-15(11-28)25-19)21(20(27)29)6-3-7-21/h4-5,8,12-13,28H,3,6-7,9-11H2,1-2H3,(H2,22,24,25)/t12-,13+. The lowest BCUT2D eigenvalue weighted by Crippen LogP contribution is -2.46. The van der Waals surface area contributed by atoms with E-state index in [0.29, 0.717) is 17.1 Å². The Kier molecular flexibility index (Phi) is 4.41. The van der Waals surface area contributed by atoms with Crippen molar-refractivity contribution in [1.29, 1.82) is 0 Å². The molecule has 158 valence electrons. The molecule has 1 saturated carbocycles. The molecule has 4 heterocycles. The van der Waals surface area contributed by atoms with E-state index in [1.54, 1.807) is 11.1 Å². The van der Waals surface area contributed by atoms with E-state index in [1.807, 2.05) is 12.1 Å². The van der Waals surface area contributed by atoms with Crippen molar-refractivity contribution < 1.29 is 14.6 Å². The number of hydrogen-bond acceptors (Lipinski definition) is 8. The van der Waals surface area contributed by atoms with Crippen LogP contribution in [0.2, 0.25) is 0 Å². The molecule has 2 aromatic rings. The number of ether oxygens (including phenoxy) is 1. The molecule has 1 amide bonds. The maximum Gasteiger partial charge on any atom is 0.243 e. The van der Waals surface area contributed by atoms with E-state index in [-0.39, 0.29) is 36.4 Å². The SMILES string of the molecule is C[C@@H]1CN(c2ccc(N3C(=O)C4(CCC4)c4c(N)nc(CO)nc43)cn2)C[C@H](C)O1. The van der Waals surface area contributed by atoms with Gasteiger partial charge in [0.1, 0.15) is 24.1 Å². The lowest BCUT2D eigenvalue weighted by Gasteiger charge is -2.37. The molecule has 5 rings (SSSR count). The van der Waals surface area contributed by atoms with Crippen LogP contribution >= 0.6 is 0 Å². The number of anilines is 4. The summed E-state index contributed by atoms with van der Waals surface area (Å²) in [5, 5.41) is 9.53. The number of carbonyl (C=O) groups is 1. The number of nitrogen functional groups attached to an aromatic ring is 1.